The van der Waals surface area contributed by atoms with Crippen molar-refractivity contribution in [3.63, 3.8) is 0 Å². The van der Waals surface area contributed by atoms with E-state index in [0.717, 1.165) is 5.69 Å². The van der Waals surface area contributed by atoms with Gasteiger partial charge in [0.05, 0.1) is 10.8 Å². The Labute approximate surface area is 151 Å². The number of halogens is 1. The van der Waals surface area contributed by atoms with E-state index in [1.807, 2.05) is 6.07 Å². The van der Waals surface area contributed by atoms with Crippen molar-refractivity contribution >= 4 is 33.6 Å². The highest BCUT2D eigenvalue weighted by molar-refractivity contribution is 7.89. The van der Waals surface area contributed by atoms with Crippen LogP contribution in [-0.4, -0.2) is 54.0 Å². The first-order valence-electron chi connectivity index (χ1n) is 7.92. The SMILES string of the molecule is C[C@]1(CS(=O)(=O)N2CCC(c3ccc(Cl)cn3)CC2)NC(=O)NC1=O. The Kier molecular flexibility index (Phi) is 4.74. The predicted molar refractivity (Wildman–Crippen MR) is 91.7 cm³/mol. The molecule has 3 amide bonds. The molecular weight excluding hydrogens is 368 g/mol. The lowest BCUT2D eigenvalue weighted by Crippen LogP contribution is -2.53. The number of carbonyl (C=O) groups excluding carboxylic acids is 2. The average molecular weight is 387 g/mol. The number of carbonyl (C=O) groups is 2. The summed E-state index contributed by atoms with van der Waals surface area (Å²) in [5.41, 5.74) is -0.541. The summed E-state index contributed by atoms with van der Waals surface area (Å²) in [5, 5.41) is 5.03. The van der Waals surface area contributed by atoms with Crippen LogP contribution in [0.25, 0.3) is 0 Å². The van der Waals surface area contributed by atoms with E-state index in [4.69, 9.17) is 11.6 Å². The van der Waals surface area contributed by atoms with Crippen molar-refractivity contribution in [1.29, 1.82) is 0 Å². The van der Waals surface area contributed by atoms with Gasteiger partial charge in [-0.3, -0.25) is 15.1 Å². The second-order valence-electron chi connectivity index (χ2n) is 6.57. The molecule has 2 aliphatic heterocycles. The summed E-state index contributed by atoms with van der Waals surface area (Å²) in [4.78, 5) is 27.4. The number of aromatic nitrogens is 1. The fourth-order valence-electron chi connectivity index (χ4n) is 3.20. The molecule has 1 aromatic rings. The van der Waals surface area contributed by atoms with Crippen molar-refractivity contribution in [2.45, 2.75) is 31.2 Å². The van der Waals surface area contributed by atoms with E-state index in [1.165, 1.54) is 11.2 Å². The van der Waals surface area contributed by atoms with E-state index in [1.54, 1.807) is 12.3 Å². The molecule has 0 aromatic carbocycles. The highest BCUT2D eigenvalue weighted by Gasteiger charge is 2.46. The maximum atomic E-state index is 12.6. The van der Waals surface area contributed by atoms with Crippen LogP contribution in [0.2, 0.25) is 5.02 Å². The normalized spacial score (nSPS) is 25.7. The fraction of sp³-hybridized carbons (Fsp3) is 0.533. The molecule has 0 spiro atoms. The van der Waals surface area contributed by atoms with Gasteiger partial charge in [-0.2, -0.15) is 0 Å². The van der Waals surface area contributed by atoms with Crippen LogP contribution < -0.4 is 10.6 Å². The zero-order valence-electron chi connectivity index (χ0n) is 13.7. The number of hydrogen-bond donors (Lipinski definition) is 2. The lowest BCUT2D eigenvalue weighted by molar-refractivity contribution is -0.122. The largest absolute Gasteiger partial charge is 0.322 e. The van der Waals surface area contributed by atoms with Gasteiger partial charge in [0.2, 0.25) is 10.0 Å². The summed E-state index contributed by atoms with van der Waals surface area (Å²) in [6.45, 7) is 2.11. The Balaban J connectivity index is 1.64. The Morgan fingerprint density at radius 1 is 1.32 bits per heavy atom. The molecule has 3 heterocycles. The molecule has 25 heavy (non-hydrogen) atoms. The molecule has 0 radical (unpaired) electrons. The third kappa shape index (κ3) is 3.78. The molecule has 0 aliphatic carbocycles. The second-order valence-corrected chi connectivity index (χ2v) is 8.98. The van der Waals surface area contributed by atoms with Crippen LogP contribution in [0.15, 0.2) is 18.3 Å². The van der Waals surface area contributed by atoms with Gasteiger partial charge in [0.25, 0.3) is 5.91 Å². The van der Waals surface area contributed by atoms with Crippen LogP contribution in [0, 0.1) is 0 Å². The maximum absolute atomic E-state index is 12.6. The van der Waals surface area contributed by atoms with Crippen molar-refractivity contribution in [1.82, 2.24) is 19.9 Å². The minimum atomic E-state index is -3.68. The van der Waals surface area contributed by atoms with Crippen LogP contribution in [0.1, 0.15) is 31.4 Å². The van der Waals surface area contributed by atoms with Gasteiger partial charge >= 0.3 is 6.03 Å². The average Bonchev–Trinajstić information content (AvgIpc) is 2.79. The van der Waals surface area contributed by atoms with Gasteiger partial charge in [0, 0.05) is 30.9 Å². The van der Waals surface area contributed by atoms with Gasteiger partial charge in [0.1, 0.15) is 5.54 Å². The van der Waals surface area contributed by atoms with E-state index in [9.17, 15) is 18.0 Å². The fourth-order valence-corrected chi connectivity index (χ4v) is 5.19. The molecule has 8 nitrogen and oxygen atoms in total. The van der Waals surface area contributed by atoms with Gasteiger partial charge < -0.3 is 5.32 Å². The number of pyridine rings is 1. The highest BCUT2D eigenvalue weighted by Crippen LogP contribution is 2.29. The molecule has 1 atom stereocenters. The van der Waals surface area contributed by atoms with Crippen molar-refractivity contribution in [3.05, 3.63) is 29.0 Å². The van der Waals surface area contributed by atoms with Crippen molar-refractivity contribution in [3.8, 4) is 0 Å². The van der Waals surface area contributed by atoms with Crippen molar-refractivity contribution in [2.75, 3.05) is 18.8 Å². The first-order valence-corrected chi connectivity index (χ1v) is 9.91. The summed E-state index contributed by atoms with van der Waals surface area (Å²) in [6, 6.07) is 2.96. The van der Waals surface area contributed by atoms with Crippen LogP contribution >= 0.6 is 11.6 Å². The highest BCUT2D eigenvalue weighted by atomic mass is 35.5. The summed E-state index contributed by atoms with van der Waals surface area (Å²) in [6.07, 6.45) is 2.87. The van der Waals surface area contributed by atoms with Gasteiger partial charge in [0.15, 0.2) is 0 Å². The monoisotopic (exact) mass is 386 g/mol. The minimum Gasteiger partial charge on any atom is -0.322 e. The summed E-state index contributed by atoms with van der Waals surface area (Å²) in [5.74, 6) is -0.906. The third-order valence-electron chi connectivity index (χ3n) is 4.60. The lowest BCUT2D eigenvalue weighted by atomic mass is 9.94. The maximum Gasteiger partial charge on any atom is 0.322 e. The number of rotatable bonds is 4. The number of urea groups is 1. The Hall–Kier alpha value is -1.71. The lowest BCUT2D eigenvalue weighted by Gasteiger charge is -2.33. The zero-order valence-corrected chi connectivity index (χ0v) is 15.2. The molecule has 1 aromatic heterocycles. The minimum absolute atomic E-state index is 0.175. The number of hydrogen-bond acceptors (Lipinski definition) is 5. The predicted octanol–water partition coefficient (Wildman–Crippen LogP) is 0.842. The van der Waals surface area contributed by atoms with Gasteiger partial charge in [-0.05, 0) is 31.9 Å². The molecular formula is C15H19ClN4O4S. The third-order valence-corrected chi connectivity index (χ3v) is 6.92. The van der Waals surface area contributed by atoms with Crippen LogP contribution in [-0.2, 0) is 14.8 Å². The van der Waals surface area contributed by atoms with Gasteiger partial charge in [-0.1, -0.05) is 11.6 Å². The molecule has 2 N–H and O–H groups in total. The van der Waals surface area contributed by atoms with E-state index in [-0.39, 0.29) is 5.92 Å². The number of nitrogens with zero attached hydrogens (tertiary/aromatic N) is 2. The van der Waals surface area contributed by atoms with E-state index in [0.29, 0.717) is 31.0 Å². The smallest absolute Gasteiger partial charge is 0.322 e. The first kappa shape index (κ1) is 18.1. The number of imide groups is 1. The Morgan fingerprint density at radius 3 is 2.52 bits per heavy atom. The molecule has 136 valence electrons. The second kappa shape index (κ2) is 6.54. The standard InChI is InChI=1S/C15H19ClN4O4S/c1-15(13(21)18-14(22)19-15)9-25(23,24)20-6-4-10(5-7-20)12-3-2-11(16)8-17-12/h2-3,8,10H,4-7,9H2,1H3,(H2,18,19,21,22)/t15-/m1/s1. The zero-order chi connectivity index (χ0) is 18.2. The molecule has 2 fully saturated rings. The molecule has 2 saturated heterocycles. The number of amides is 3. The van der Waals surface area contributed by atoms with E-state index in [2.05, 4.69) is 15.6 Å². The van der Waals surface area contributed by atoms with Crippen molar-refractivity contribution in [2.24, 2.45) is 0 Å². The topological polar surface area (TPSA) is 108 Å². The summed E-state index contributed by atoms with van der Waals surface area (Å²) in [7, 11) is -3.68. The molecule has 0 saturated carbocycles. The van der Waals surface area contributed by atoms with E-state index < -0.39 is 33.3 Å². The Morgan fingerprint density at radius 2 is 2.00 bits per heavy atom. The molecule has 0 unspecified atom stereocenters. The van der Waals surface area contributed by atoms with Crippen LogP contribution in [0.5, 0.6) is 0 Å². The number of nitrogens with one attached hydrogen (secondary N) is 2. The Bertz CT molecular complexity index is 790. The summed E-state index contributed by atoms with van der Waals surface area (Å²) < 4.78 is 26.7. The van der Waals surface area contributed by atoms with Crippen molar-refractivity contribution < 1.29 is 18.0 Å². The van der Waals surface area contributed by atoms with Gasteiger partial charge in [-0.25, -0.2) is 17.5 Å². The van der Waals surface area contributed by atoms with Gasteiger partial charge in [-0.15, -0.1) is 0 Å². The molecule has 3 rings (SSSR count). The van der Waals surface area contributed by atoms with E-state index >= 15 is 0 Å². The summed E-state index contributed by atoms with van der Waals surface area (Å²) >= 11 is 5.84. The number of sulfonamides is 1. The first-order chi connectivity index (χ1) is 11.7. The van der Waals surface area contributed by atoms with Crippen LogP contribution in [0.4, 0.5) is 4.79 Å². The molecule has 10 heteroatoms. The molecule has 0 bridgehead atoms. The molecule has 2 aliphatic rings. The van der Waals surface area contributed by atoms with Crippen LogP contribution in [0.3, 0.4) is 0 Å². The quantitative estimate of drug-likeness (QED) is 0.745. The number of piperidine rings is 1.